The third kappa shape index (κ3) is 3.65. The highest BCUT2D eigenvalue weighted by molar-refractivity contribution is 6.23. The fourth-order valence-corrected chi connectivity index (χ4v) is 5.95. The van der Waals surface area contributed by atoms with Crippen LogP contribution < -0.4 is 4.90 Å². The molecular formula is C38H25NO. The van der Waals surface area contributed by atoms with Gasteiger partial charge in [0.15, 0.2) is 0 Å². The van der Waals surface area contributed by atoms with Gasteiger partial charge in [-0.15, -0.1) is 0 Å². The minimum absolute atomic E-state index is 0.888. The first-order valence-corrected chi connectivity index (χ1v) is 13.6. The highest BCUT2D eigenvalue weighted by Crippen LogP contribution is 2.45. The molecule has 0 fully saturated rings. The van der Waals surface area contributed by atoms with Gasteiger partial charge in [0, 0.05) is 33.6 Å². The highest BCUT2D eigenvalue weighted by atomic mass is 16.3. The van der Waals surface area contributed by atoms with Crippen molar-refractivity contribution in [2.75, 3.05) is 4.90 Å². The van der Waals surface area contributed by atoms with Crippen LogP contribution in [-0.2, 0) is 0 Å². The quantitative estimate of drug-likeness (QED) is 0.234. The lowest BCUT2D eigenvalue weighted by molar-refractivity contribution is 0.670. The van der Waals surface area contributed by atoms with E-state index in [0.717, 1.165) is 39.0 Å². The van der Waals surface area contributed by atoms with Crippen LogP contribution in [0, 0.1) is 0 Å². The standard InChI is InChI=1S/C38H25NO/c1-3-12-26(13-4-1)27-16-11-19-31(22-27)39(30-17-5-2-6-18-30)35-25-37-38(33-21-10-9-20-32(33)35)34-23-28-14-7-8-15-29(28)24-36(34)40-37/h1-25H. The van der Waals surface area contributed by atoms with Crippen molar-refractivity contribution >= 4 is 60.5 Å². The van der Waals surface area contributed by atoms with E-state index in [9.17, 15) is 0 Å². The molecule has 7 aromatic carbocycles. The van der Waals surface area contributed by atoms with Crippen LogP contribution >= 0.6 is 0 Å². The van der Waals surface area contributed by atoms with Crippen LogP contribution in [0.15, 0.2) is 156 Å². The zero-order valence-corrected chi connectivity index (χ0v) is 21.8. The lowest BCUT2D eigenvalue weighted by atomic mass is 9.99. The molecule has 0 aliphatic carbocycles. The van der Waals surface area contributed by atoms with E-state index in [1.807, 2.05) is 0 Å². The number of para-hydroxylation sites is 1. The summed E-state index contributed by atoms with van der Waals surface area (Å²) in [4.78, 5) is 2.35. The molecule has 0 N–H and O–H groups in total. The van der Waals surface area contributed by atoms with E-state index in [1.54, 1.807) is 0 Å². The Hall–Kier alpha value is -5.34. The summed E-state index contributed by atoms with van der Waals surface area (Å²) in [6.45, 7) is 0. The summed E-state index contributed by atoms with van der Waals surface area (Å²) in [6, 6.07) is 53.7. The molecule has 0 saturated heterocycles. The topological polar surface area (TPSA) is 16.4 Å². The molecule has 0 saturated carbocycles. The van der Waals surface area contributed by atoms with Gasteiger partial charge in [-0.2, -0.15) is 0 Å². The number of anilines is 3. The van der Waals surface area contributed by atoms with Crippen LogP contribution in [0.5, 0.6) is 0 Å². The number of hydrogen-bond donors (Lipinski definition) is 0. The van der Waals surface area contributed by atoms with Crippen molar-refractivity contribution in [3.8, 4) is 11.1 Å². The number of benzene rings is 7. The van der Waals surface area contributed by atoms with E-state index in [1.165, 1.54) is 32.7 Å². The highest BCUT2D eigenvalue weighted by Gasteiger charge is 2.20. The van der Waals surface area contributed by atoms with Crippen LogP contribution in [0.1, 0.15) is 0 Å². The van der Waals surface area contributed by atoms with Crippen LogP contribution in [0.25, 0.3) is 54.6 Å². The van der Waals surface area contributed by atoms with Crippen molar-refractivity contribution in [3.63, 3.8) is 0 Å². The van der Waals surface area contributed by atoms with E-state index in [0.29, 0.717) is 0 Å². The molecular weight excluding hydrogens is 486 g/mol. The Balaban J connectivity index is 1.43. The van der Waals surface area contributed by atoms with E-state index in [-0.39, 0.29) is 0 Å². The molecule has 0 bridgehead atoms. The van der Waals surface area contributed by atoms with E-state index < -0.39 is 0 Å². The third-order valence-electron chi connectivity index (χ3n) is 7.79. The number of hydrogen-bond acceptors (Lipinski definition) is 2. The molecule has 1 aromatic heterocycles. The normalized spacial score (nSPS) is 11.5. The molecule has 2 nitrogen and oxygen atoms in total. The molecule has 0 unspecified atom stereocenters. The van der Waals surface area contributed by atoms with Crippen LogP contribution in [-0.4, -0.2) is 0 Å². The molecule has 8 rings (SSSR count). The molecule has 0 spiro atoms. The summed E-state index contributed by atoms with van der Waals surface area (Å²) in [5.41, 5.74) is 7.45. The average Bonchev–Trinajstić information content (AvgIpc) is 3.38. The SMILES string of the molecule is c1ccc(-c2cccc(N(c3ccccc3)c3cc4oc5cc6ccccc6cc5c4c4ccccc34)c2)cc1. The molecule has 188 valence electrons. The maximum Gasteiger partial charge on any atom is 0.138 e. The number of rotatable bonds is 4. The summed E-state index contributed by atoms with van der Waals surface area (Å²) in [5.74, 6) is 0. The lowest BCUT2D eigenvalue weighted by Crippen LogP contribution is -2.10. The molecule has 0 radical (unpaired) electrons. The Morgan fingerprint density at radius 1 is 0.400 bits per heavy atom. The Labute approximate surface area is 232 Å². The predicted octanol–water partition coefficient (Wildman–Crippen LogP) is 11.0. The summed E-state index contributed by atoms with van der Waals surface area (Å²) in [5, 5.41) is 7.07. The molecule has 1 heterocycles. The second-order valence-corrected chi connectivity index (χ2v) is 10.2. The minimum atomic E-state index is 0.888. The molecule has 2 heteroatoms. The molecule has 0 amide bonds. The maximum atomic E-state index is 6.60. The summed E-state index contributed by atoms with van der Waals surface area (Å²) in [6.07, 6.45) is 0. The van der Waals surface area contributed by atoms with E-state index in [2.05, 4.69) is 157 Å². The van der Waals surface area contributed by atoms with Gasteiger partial charge in [-0.05, 0) is 63.7 Å². The van der Waals surface area contributed by atoms with Gasteiger partial charge in [0.1, 0.15) is 11.2 Å². The van der Waals surface area contributed by atoms with Crippen molar-refractivity contribution in [1.82, 2.24) is 0 Å². The number of nitrogens with zero attached hydrogens (tertiary/aromatic N) is 1. The van der Waals surface area contributed by atoms with Gasteiger partial charge >= 0.3 is 0 Å². The Morgan fingerprint density at radius 2 is 1.02 bits per heavy atom. The fraction of sp³-hybridized carbons (Fsp3) is 0. The summed E-state index contributed by atoms with van der Waals surface area (Å²) in [7, 11) is 0. The predicted molar refractivity (Wildman–Crippen MR) is 169 cm³/mol. The van der Waals surface area contributed by atoms with Gasteiger partial charge in [-0.3, -0.25) is 0 Å². The maximum absolute atomic E-state index is 6.60. The van der Waals surface area contributed by atoms with Gasteiger partial charge in [-0.25, -0.2) is 0 Å². The number of furan rings is 1. The number of fused-ring (bicyclic) bond motifs is 6. The van der Waals surface area contributed by atoms with Crippen molar-refractivity contribution < 1.29 is 4.42 Å². The van der Waals surface area contributed by atoms with Crippen molar-refractivity contribution in [2.24, 2.45) is 0 Å². The van der Waals surface area contributed by atoms with Gasteiger partial charge in [0.2, 0.25) is 0 Å². The smallest absolute Gasteiger partial charge is 0.138 e. The van der Waals surface area contributed by atoms with Crippen LogP contribution in [0.2, 0.25) is 0 Å². The van der Waals surface area contributed by atoms with Crippen molar-refractivity contribution in [3.05, 3.63) is 152 Å². The van der Waals surface area contributed by atoms with Gasteiger partial charge in [0.05, 0.1) is 5.69 Å². The lowest BCUT2D eigenvalue weighted by Gasteiger charge is -2.27. The molecule has 8 aromatic rings. The van der Waals surface area contributed by atoms with Gasteiger partial charge in [0.25, 0.3) is 0 Å². The second-order valence-electron chi connectivity index (χ2n) is 10.2. The molecule has 0 aliphatic heterocycles. The van der Waals surface area contributed by atoms with Crippen molar-refractivity contribution in [1.29, 1.82) is 0 Å². The van der Waals surface area contributed by atoms with E-state index in [4.69, 9.17) is 4.42 Å². The van der Waals surface area contributed by atoms with Gasteiger partial charge in [-0.1, -0.05) is 109 Å². The first kappa shape index (κ1) is 22.6. The Bertz CT molecular complexity index is 2160. The second kappa shape index (κ2) is 9.14. The summed E-state index contributed by atoms with van der Waals surface area (Å²) < 4.78 is 6.60. The third-order valence-corrected chi connectivity index (χ3v) is 7.79. The van der Waals surface area contributed by atoms with Crippen molar-refractivity contribution in [2.45, 2.75) is 0 Å². The molecule has 40 heavy (non-hydrogen) atoms. The fourth-order valence-electron chi connectivity index (χ4n) is 5.95. The zero-order valence-electron chi connectivity index (χ0n) is 21.8. The van der Waals surface area contributed by atoms with Crippen LogP contribution in [0.4, 0.5) is 17.1 Å². The largest absolute Gasteiger partial charge is 0.456 e. The first-order valence-electron chi connectivity index (χ1n) is 13.6. The Morgan fingerprint density at radius 3 is 1.82 bits per heavy atom. The molecule has 0 aliphatic rings. The monoisotopic (exact) mass is 511 g/mol. The van der Waals surface area contributed by atoms with Gasteiger partial charge < -0.3 is 9.32 Å². The minimum Gasteiger partial charge on any atom is -0.456 e. The first-order chi connectivity index (χ1) is 19.8. The molecule has 0 atom stereocenters. The zero-order chi connectivity index (χ0) is 26.5. The Kier molecular flexibility index (Phi) is 5.17. The van der Waals surface area contributed by atoms with Crippen LogP contribution in [0.3, 0.4) is 0 Å². The average molecular weight is 512 g/mol. The van der Waals surface area contributed by atoms with E-state index >= 15 is 0 Å². The summed E-state index contributed by atoms with van der Waals surface area (Å²) >= 11 is 0.